The fourth-order valence-corrected chi connectivity index (χ4v) is 2.09. The largest absolute Gasteiger partial charge is 0.478 e. The minimum atomic E-state index is -0.982. The number of fused-ring (bicyclic) bond motifs is 1. The maximum atomic E-state index is 12.1. The molecule has 0 aliphatic carbocycles. The van der Waals surface area contributed by atoms with Crippen LogP contribution in [0.25, 0.3) is 10.9 Å². The summed E-state index contributed by atoms with van der Waals surface area (Å²) < 4.78 is 1.69. The van der Waals surface area contributed by atoms with Crippen molar-refractivity contribution in [2.45, 2.75) is 26.4 Å². The zero-order chi connectivity index (χ0) is 14.9. The molecule has 1 N–H and O–H groups in total. The van der Waals surface area contributed by atoms with Gasteiger partial charge in [0.15, 0.2) is 0 Å². The Hall–Kier alpha value is -2.30. The van der Waals surface area contributed by atoms with Crippen LogP contribution in [0.15, 0.2) is 30.5 Å². The van der Waals surface area contributed by atoms with Crippen LogP contribution < -0.4 is 0 Å². The van der Waals surface area contributed by atoms with Crippen molar-refractivity contribution in [1.82, 2.24) is 9.47 Å². The molecular weight excluding hydrogens is 256 g/mol. The number of nitrogens with zero attached hydrogens (tertiary/aromatic N) is 2. The first-order valence-electron chi connectivity index (χ1n) is 6.48. The lowest BCUT2D eigenvalue weighted by molar-refractivity contribution is -0.131. The van der Waals surface area contributed by atoms with Crippen LogP contribution in [0, 0.1) is 0 Å². The smallest absolute Gasteiger partial charge is 0.337 e. The summed E-state index contributed by atoms with van der Waals surface area (Å²) in [6, 6.07) is 7.32. The van der Waals surface area contributed by atoms with Crippen molar-refractivity contribution in [3.05, 3.63) is 36.0 Å². The van der Waals surface area contributed by atoms with Crippen LogP contribution in [0.4, 0.5) is 0 Å². The maximum Gasteiger partial charge on any atom is 0.337 e. The van der Waals surface area contributed by atoms with Gasteiger partial charge in [0, 0.05) is 30.2 Å². The topological polar surface area (TPSA) is 62.5 Å². The van der Waals surface area contributed by atoms with Crippen LogP contribution in [0.5, 0.6) is 0 Å². The molecular formula is C15H18N2O3. The Labute approximate surface area is 117 Å². The fourth-order valence-electron chi connectivity index (χ4n) is 2.09. The summed E-state index contributed by atoms with van der Waals surface area (Å²) in [5.74, 6) is -1.03. The molecule has 5 heteroatoms. The van der Waals surface area contributed by atoms with Crippen molar-refractivity contribution in [3.8, 4) is 0 Å². The molecule has 20 heavy (non-hydrogen) atoms. The van der Waals surface area contributed by atoms with Crippen LogP contribution in [0.1, 0.15) is 24.2 Å². The van der Waals surface area contributed by atoms with E-state index in [9.17, 15) is 14.7 Å². The monoisotopic (exact) mass is 274 g/mol. The number of benzene rings is 1. The summed E-state index contributed by atoms with van der Waals surface area (Å²) in [6.07, 6.45) is 1.53. The molecule has 0 saturated heterocycles. The highest BCUT2D eigenvalue weighted by molar-refractivity contribution is 6.03. The van der Waals surface area contributed by atoms with Crippen LogP contribution in [-0.2, 0) is 11.3 Å². The molecule has 0 bridgehead atoms. The van der Waals surface area contributed by atoms with Crippen LogP contribution in [-0.4, -0.2) is 39.5 Å². The van der Waals surface area contributed by atoms with Gasteiger partial charge in [-0.25, -0.2) is 4.79 Å². The molecule has 1 amide bonds. The van der Waals surface area contributed by atoms with E-state index in [1.807, 2.05) is 26.0 Å². The molecule has 0 aliphatic heterocycles. The van der Waals surface area contributed by atoms with E-state index in [1.54, 1.807) is 28.6 Å². The van der Waals surface area contributed by atoms with Crippen LogP contribution in [0.3, 0.4) is 0 Å². The van der Waals surface area contributed by atoms with Crippen LogP contribution in [0.2, 0.25) is 0 Å². The lowest BCUT2D eigenvalue weighted by Gasteiger charge is -2.21. The van der Waals surface area contributed by atoms with Gasteiger partial charge in [0.2, 0.25) is 5.91 Å². The van der Waals surface area contributed by atoms with Gasteiger partial charge in [0.05, 0.1) is 5.56 Å². The standard InChI is InChI=1S/C15H18N2O3/c1-10(2)16(3)14(18)9-17-8-12(15(19)20)11-6-4-5-7-13(11)17/h4-8,10H,9H2,1-3H3,(H,19,20). The molecule has 1 aromatic heterocycles. The minimum absolute atomic E-state index is 0.0438. The molecule has 2 aromatic rings. The molecule has 0 aliphatic rings. The number of carbonyl (C=O) groups excluding carboxylic acids is 1. The zero-order valence-corrected chi connectivity index (χ0v) is 11.8. The molecule has 1 aromatic carbocycles. The van der Waals surface area contributed by atoms with Gasteiger partial charge in [-0.05, 0) is 19.9 Å². The highest BCUT2D eigenvalue weighted by Gasteiger charge is 2.17. The zero-order valence-electron chi connectivity index (χ0n) is 11.8. The lowest BCUT2D eigenvalue weighted by Crippen LogP contribution is -2.35. The summed E-state index contributed by atoms with van der Waals surface area (Å²) in [7, 11) is 1.75. The molecule has 106 valence electrons. The Morgan fingerprint density at radius 2 is 1.95 bits per heavy atom. The number of para-hydroxylation sites is 1. The minimum Gasteiger partial charge on any atom is -0.478 e. The molecule has 2 rings (SSSR count). The SMILES string of the molecule is CC(C)N(C)C(=O)Cn1cc(C(=O)O)c2ccccc21. The molecule has 0 spiro atoms. The second-order valence-electron chi connectivity index (χ2n) is 5.09. The second kappa shape index (κ2) is 5.36. The third kappa shape index (κ3) is 2.52. The highest BCUT2D eigenvalue weighted by atomic mass is 16.4. The van der Waals surface area contributed by atoms with E-state index in [0.29, 0.717) is 5.39 Å². The number of aromatic carboxylic acids is 1. The Kier molecular flexibility index (Phi) is 3.79. The van der Waals surface area contributed by atoms with Gasteiger partial charge in [-0.3, -0.25) is 4.79 Å². The average molecular weight is 274 g/mol. The summed E-state index contributed by atoms with van der Waals surface area (Å²) in [5, 5.41) is 9.87. The fraction of sp³-hybridized carbons (Fsp3) is 0.333. The maximum absolute atomic E-state index is 12.1. The number of carboxylic acids is 1. The summed E-state index contributed by atoms with van der Waals surface area (Å²) in [5.41, 5.74) is 0.982. The van der Waals surface area contributed by atoms with Gasteiger partial charge in [0.1, 0.15) is 6.54 Å². The van der Waals surface area contributed by atoms with E-state index in [1.165, 1.54) is 6.20 Å². The van der Waals surface area contributed by atoms with Crippen molar-refractivity contribution in [2.75, 3.05) is 7.05 Å². The second-order valence-corrected chi connectivity index (χ2v) is 5.09. The van der Waals surface area contributed by atoms with Crippen molar-refractivity contribution in [3.63, 3.8) is 0 Å². The molecule has 0 radical (unpaired) electrons. The van der Waals surface area contributed by atoms with Crippen molar-refractivity contribution in [2.24, 2.45) is 0 Å². The first kappa shape index (κ1) is 14.1. The quantitative estimate of drug-likeness (QED) is 0.929. The molecule has 0 fully saturated rings. The number of carboxylic acid groups (broad SMARTS) is 1. The van der Waals surface area contributed by atoms with Gasteiger partial charge < -0.3 is 14.6 Å². The van der Waals surface area contributed by atoms with E-state index in [4.69, 9.17) is 0 Å². The van der Waals surface area contributed by atoms with Crippen LogP contribution >= 0.6 is 0 Å². The predicted molar refractivity (Wildman–Crippen MR) is 76.8 cm³/mol. The van der Waals surface area contributed by atoms with Gasteiger partial charge in [-0.1, -0.05) is 18.2 Å². The first-order chi connectivity index (χ1) is 9.41. The normalized spacial score (nSPS) is 11.0. The Balaban J connectivity index is 2.40. The molecule has 5 nitrogen and oxygen atoms in total. The number of hydrogen-bond acceptors (Lipinski definition) is 2. The van der Waals surface area contributed by atoms with E-state index in [-0.39, 0.29) is 24.1 Å². The third-order valence-corrected chi connectivity index (χ3v) is 3.49. The number of rotatable bonds is 4. The number of carbonyl (C=O) groups is 2. The van der Waals surface area contributed by atoms with Crippen molar-refractivity contribution >= 4 is 22.8 Å². The highest BCUT2D eigenvalue weighted by Crippen LogP contribution is 2.21. The Bertz CT molecular complexity index is 658. The molecule has 0 saturated carbocycles. The first-order valence-corrected chi connectivity index (χ1v) is 6.48. The number of hydrogen-bond donors (Lipinski definition) is 1. The lowest BCUT2D eigenvalue weighted by atomic mass is 10.2. The molecule has 1 heterocycles. The number of likely N-dealkylation sites (N-methyl/N-ethyl adjacent to an activating group) is 1. The number of amides is 1. The predicted octanol–water partition coefficient (Wildman–Crippen LogP) is 2.21. The molecule has 0 atom stereocenters. The Morgan fingerprint density at radius 1 is 1.30 bits per heavy atom. The van der Waals surface area contributed by atoms with Gasteiger partial charge >= 0.3 is 5.97 Å². The van der Waals surface area contributed by atoms with E-state index < -0.39 is 5.97 Å². The molecule has 0 unspecified atom stereocenters. The summed E-state index contributed by atoms with van der Waals surface area (Å²) in [4.78, 5) is 25.0. The average Bonchev–Trinajstić information content (AvgIpc) is 2.77. The summed E-state index contributed by atoms with van der Waals surface area (Å²) in [6.45, 7) is 4.02. The third-order valence-electron chi connectivity index (χ3n) is 3.49. The van der Waals surface area contributed by atoms with Crippen molar-refractivity contribution < 1.29 is 14.7 Å². The Morgan fingerprint density at radius 3 is 2.55 bits per heavy atom. The van der Waals surface area contributed by atoms with E-state index >= 15 is 0 Å². The number of aromatic nitrogens is 1. The van der Waals surface area contributed by atoms with Gasteiger partial charge in [-0.15, -0.1) is 0 Å². The van der Waals surface area contributed by atoms with Crippen molar-refractivity contribution in [1.29, 1.82) is 0 Å². The van der Waals surface area contributed by atoms with Gasteiger partial charge in [-0.2, -0.15) is 0 Å². The van der Waals surface area contributed by atoms with E-state index in [2.05, 4.69) is 0 Å². The van der Waals surface area contributed by atoms with E-state index in [0.717, 1.165) is 5.52 Å². The summed E-state index contributed by atoms with van der Waals surface area (Å²) >= 11 is 0. The van der Waals surface area contributed by atoms with Gasteiger partial charge in [0.25, 0.3) is 0 Å².